The van der Waals surface area contributed by atoms with Crippen LogP contribution in [-0.2, 0) is 16.6 Å². The molecule has 0 bridgehead atoms. The van der Waals surface area contributed by atoms with Crippen molar-refractivity contribution < 1.29 is 8.42 Å². The summed E-state index contributed by atoms with van der Waals surface area (Å²) in [4.78, 5) is 0. The van der Waals surface area contributed by atoms with E-state index in [-0.39, 0.29) is 10.4 Å². The molecular formula is C12H22N4O2S. The van der Waals surface area contributed by atoms with Crippen molar-refractivity contribution >= 4 is 10.0 Å². The van der Waals surface area contributed by atoms with Crippen molar-refractivity contribution in [3.8, 4) is 0 Å². The number of aromatic nitrogens is 2. The van der Waals surface area contributed by atoms with Crippen molar-refractivity contribution in [1.29, 1.82) is 0 Å². The van der Waals surface area contributed by atoms with Crippen LogP contribution in [0.3, 0.4) is 0 Å². The van der Waals surface area contributed by atoms with E-state index in [1.54, 1.807) is 7.05 Å². The highest BCUT2D eigenvalue weighted by molar-refractivity contribution is 7.89. The van der Waals surface area contributed by atoms with Gasteiger partial charge >= 0.3 is 0 Å². The minimum absolute atomic E-state index is 0.109. The molecule has 2 rings (SSSR count). The molecule has 1 unspecified atom stereocenters. The highest BCUT2D eigenvalue weighted by atomic mass is 32.2. The van der Waals surface area contributed by atoms with E-state index in [0.29, 0.717) is 24.6 Å². The van der Waals surface area contributed by atoms with Crippen molar-refractivity contribution in [2.75, 3.05) is 13.6 Å². The highest BCUT2D eigenvalue weighted by Gasteiger charge is 2.45. The first-order valence-corrected chi connectivity index (χ1v) is 7.94. The molecule has 1 aromatic heterocycles. The molecule has 1 heterocycles. The number of aromatic amines is 1. The van der Waals surface area contributed by atoms with Gasteiger partial charge in [-0.25, -0.2) is 13.1 Å². The minimum atomic E-state index is -3.53. The first-order chi connectivity index (χ1) is 8.78. The van der Waals surface area contributed by atoms with E-state index in [4.69, 9.17) is 0 Å². The molecule has 108 valence electrons. The molecule has 0 radical (unpaired) electrons. The Bertz CT molecular complexity index is 562. The summed E-state index contributed by atoms with van der Waals surface area (Å²) in [5.74, 6) is 0.426. The maximum Gasteiger partial charge on any atom is 0.260 e. The number of sulfonamides is 1. The van der Waals surface area contributed by atoms with E-state index in [9.17, 15) is 8.42 Å². The van der Waals surface area contributed by atoms with Gasteiger partial charge in [0.25, 0.3) is 10.0 Å². The Morgan fingerprint density at radius 3 is 2.63 bits per heavy atom. The second-order valence-corrected chi connectivity index (χ2v) is 7.59. The van der Waals surface area contributed by atoms with E-state index in [1.807, 2.05) is 6.92 Å². The van der Waals surface area contributed by atoms with Crippen LogP contribution in [-0.4, -0.2) is 32.2 Å². The molecule has 3 N–H and O–H groups in total. The largest absolute Gasteiger partial charge is 0.316 e. The molecular weight excluding hydrogens is 264 g/mol. The highest BCUT2D eigenvalue weighted by Crippen LogP contribution is 2.51. The molecule has 0 spiro atoms. The van der Waals surface area contributed by atoms with Gasteiger partial charge in [0.2, 0.25) is 0 Å². The molecule has 1 aliphatic carbocycles. The summed E-state index contributed by atoms with van der Waals surface area (Å²) in [6.45, 7) is 7.09. The fourth-order valence-corrected chi connectivity index (χ4v) is 3.51. The van der Waals surface area contributed by atoms with Crippen LogP contribution in [0.4, 0.5) is 0 Å². The molecule has 7 heteroatoms. The third kappa shape index (κ3) is 2.98. The van der Waals surface area contributed by atoms with Gasteiger partial charge in [0, 0.05) is 24.3 Å². The number of H-pyrrole nitrogens is 1. The monoisotopic (exact) mass is 286 g/mol. The van der Waals surface area contributed by atoms with Crippen LogP contribution in [0.1, 0.15) is 31.5 Å². The van der Waals surface area contributed by atoms with Crippen LogP contribution in [0.15, 0.2) is 5.03 Å². The van der Waals surface area contributed by atoms with Crippen LogP contribution in [0.2, 0.25) is 0 Å². The van der Waals surface area contributed by atoms with Crippen LogP contribution in [0.5, 0.6) is 0 Å². The third-order valence-corrected chi connectivity index (χ3v) is 5.27. The topological polar surface area (TPSA) is 86.9 Å². The van der Waals surface area contributed by atoms with Crippen LogP contribution < -0.4 is 10.0 Å². The Morgan fingerprint density at radius 2 is 2.11 bits per heavy atom. The lowest BCUT2D eigenvalue weighted by atomic mass is 10.1. The van der Waals surface area contributed by atoms with E-state index < -0.39 is 10.0 Å². The SMILES string of the molecule is CNCc1c(S(=O)(=O)NCC2CC2(C)C)n[nH]c1C. The average molecular weight is 286 g/mol. The summed E-state index contributed by atoms with van der Waals surface area (Å²) in [5, 5.41) is 9.73. The van der Waals surface area contributed by atoms with Gasteiger partial charge in [0.15, 0.2) is 5.03 Å². The lowest BCUT2D eigenvalue weighted by Gasteiger charge is -2.08. The Morgan fingerprint density at radius 1 is 1.47 bits per heavy atom. The Balaban J connectivity index is 2.11. The van der Waals surface area contributed by atoms with Gasteiger partial charge in [-0.1, -0.05) is 13.8 Å². The van der Waals surface area contributed by atoms with Crippen LogP contribution in [0, 0.1) is 18.3 Å². The molecule has 1 aromatic rings. The average Bonchev–Trinajstić information content (AvgIpc) is 2.75. The number of rotatable bonds is 6. The molecule has 19 heavy (non-hydrogen) atoms. The maximum atomic E-state index is 12.3. The van der Waals surface area contributed by atoms with Gasteiger partial charge in [0.05, 0.1) is 0 Å². The molecule has 1 saturated carbocycles. The summed E-state index contributed by atoms with van der Waals surface area (Å²) in [7, 11) is -1.75. The number of aryl methyl sites for hydroxylation is 1. The zero-order chi connectivity index (χ0) is 14.3. The predicted octanol–water partition coefficient (Wildman–Crippen LogP) is 0.762. The zero-order valence-electron chi connectivity index (χ0n) is 11.9. The first kappa shape index (κ1) is 14.5. The Hall–Kier alpha value is -0.920. The molecule has 0 saturated heterocycles. The second-order valence-electron chi connectivity index (χ2n) is 5.90. The Kier molecular flexibility index (Phi) is 3.72. The quantitative estimate of drug-likeness (QED) is 0.720. The minimum Gasteiger partial charge on any atom is -0.316 e. The van der Waals surface area contributed by atoms with Crippen LogP contribution >= 0.6 is 0 Å². The number of hydrogen-bond donors (Lipinski definition) is 3. The van der Waals surface area contributed by atoms with Crippen molar-refractivity contribution in [2.24, 2.45) is 11.3 Å². The van der Waals surface area contributed by atoms with Gasteiger partial charge in [0.1, 0.15) is 0 Å². The first-order valence-electron chi connectivity index (χ1n) is 6.46. The van der Waals surface area contributed by atoms with Crippen molar-refractivity contribution in [3.63, 3.8) is 0 Å². The number of hydrogen-bond acceptors (Lipinski definition) is 4. The Labute approximate surface area is 114 Å². The standard InChI is InChI=1S/C12H22N4O2S/c1-8-10(7-13-4)11(16-15-8)19(17,18)14-6-9-5-12(9,2)3/h9,13-14H,5-7H2,1-4H3,(H,15,16). The molecule has 1 atom stereocenters. The zero-order valence-corrected chi connectivity index (χ0v) is 12.7. The molecule has 0 aliphatic heterocycles. The van der Waals surface area contributed by atoms with E-state index in [2.05, 4.69) is 34.1 Å². The van der Waals surface area contributed by atoms with Gasteiger partial charge in [-0.15, -0.1) is 0 Å². The summed E-state index contributed by atoms with van der Waals surface area (Å²) < 4.78 is 27.2. The van der Waals surface area contributed by atoms with Crippen molar-refractivity contribution in [1.82, 2.24) is 20.2 Å². The molecule has 0 amide bonds. The summed E-state index contributed by atoms with van der Waals surface area (Å²) in [6, 6.07) is 0. The second kappa shape index (κ2) is 4.88. The van der Waals surface area contributed by atoms with Crippen molar-refractivity contribution in [3.05, 3.63) is 11.3 Å². The molecule has 1 aliphatic rings. The fraction of sp³-hybridized carbons (Fsp3) is 0.750. The lowest BCUT2D eigenvalue weighted by Crippen LogP contribution is -2.28. The van der Waals surface area contributed by atoms with Gasteiger partial charge in [-0.05, 0) is 31.7 Å². The van der Waals surface area contributed by atoms with E-state index in [1.165, 1.54) is 0 Å². The fourth-order valence-electron chi connectivity index (χ4n) is 2.24. The van der Waals surface area contributed by atoms with Crippen molar-refractivity contribution in [2.45, 2.75) is 38.8 Å². The molecule has 1 fully saturated rings. The normalized spacial score (nSPS) is 21.6. The summed E-state index contributed by atoms with van der Waals surface area (Å²) in [5.41, 5.74) is 1.74. The summed E-state index contributed by atoms with van der Waals surface area (Å²) >= 11 is 0. The van der Waals surface area contributed by atoms with Crippen LogP contribution in [0.25, 0.3) is 0 Å². The predicted molar refractivity (Wildman–Crippen MR) is 73.2 cm³/mol. The van der Waals surface area contributed by atoms with E-state index >= 15 is 0 Å². The summed E-state index contributed by atoms with van der Waals surface area (Å²) in [6.07, 6.45) is 1.07. The maximum absolute atomic E-state index is 12.3. The van der Waals surface area contributed by atoms with Gasteiger partial charge in [-0.3, -0.25) is 5.10 Å². The van der Waals surface area contributed by atoms with Gasteiger partial charge < -0.3 is 5.32 Å². The molecule has 6 nitrogen and oxygen atoms in total. The number of nitrogens with one attached hydrogen (secondary N) is 3. The van der Waals surface area contributed by atoms with Gasteiger partial charge in [-0.2, -0.15) is 5.10 Å². The molecule has 0 aromatic carbocycles. The number of nitrogens with zero attached hydrogens (tertiary/aromatic N) is 1. The smallest absolute Gasteiger partial charge is 0.260 e. The van der Waals surface area contributed by atoms with E-state index in [0.717, 1.165) is 12.1 Å². The third-order valence-electron chi connectivity index (χ3n) is 3.88. The lowest BCUT2D eigenvalue weighted by molar-refractivity contribution is 0.535.